The first-order chi connectivity index (χ1) is 16.1. The van der Waals surface area contributed by atoms with Crippen molar-refractivity contribution in [2.24, 2.45) is 5.10 Å². The second kappa shape index (κ2) is 9.83. The molecule has 11 heteroatoms. The van der Waals surface area contributed by atoms with Gasteiger partial charge >= 0.3 is 5.69 Å². The van der Waals surface area contributed by atoms with Crippen LogP contribution in [-0.4, -0.2) is 31.2 Å². The fourth-order valence-corrected chi connectivity index (χ4v) is 2.77. The van der Waals surface area contributed by atoms with Gasteiger partial charge in [0.25, 0.3) is 0 Å². The van der Waals surface area contributed by atoms with Crippen molar-refractivity contribution in [1.82, 2.24) is 15.0 Å². The molecule has 0 fully saturated rings. The summed E-state index contributed by atoms with van der Waals surface area (Å²) >= 11 is 0. The molecule has 33 heavy (non-hydrogen) atoms. The standard InChI is InChI=1S/C22H18N8O3/c31-19-12-11-15(13-18(19)30(32)33)14-23-29-22-27-20(24-16-7-3-1-4-8-16)26-21(28-22)25-17-9-5-2-6-10-17/h1-14,31H,(H3,24,25,26,27,28,29)/b23-14-. The normalized spacial score (nSPS) is 10.7. The molecule has 0 saturated carbocycles. The number of hydrogen-bond acceptors (Lipinski definition) is 10. The molecule has 3 aromatic carbocycles. The third kappa shape index (κ3) is 5.76. The van der Waals surface area contributed by atoms with E-state index in [0.717, 1.165) is 11.4 Å². The molecular weight excluding hydrogens is 424 g/mol. The van der Waals surface area contributed by atoms with Crippen LogP contribution >= 0.6 is 0 Å². The Morgan fingerprint density at radius 1 is 0.818 bits per heavy atom. The average molecular weight is 442 g/mol. The Bertz CT molecular complexity index is 1220. The van der Waals surface area contributed by atoms with Crippen LogP contribution in [-0.2, 0) is 0 Å². The van der Waals surface area contributed by atoms with Crippen LogP contribution in [0.25, 0.3) is 0 Å². The van der Waals surface area contributed by atoms with E-state index in [0.29, 0.717) is 5.56 Å². The van der Waals surface area contributed by atoms with Crippen molar-refractivity contribution in [3.8, 4) is 5.75 Å². The van der Waals surface area contributed by atoms with E-state index >= 15 is 0 Å². The van der Waals surface area contributed by atoms with E-state index in [2.05, 4.69) is 36.1 Å². The zero-order valence-electron chi connectivity index (χ0n) is 17.1. The van der Waals surface area contributed by atoms with Crippen LogP contribution < -0.4 is 16.1 Å². The molecular formula is C22H18N8O3. The molecule has 4 aromatic rings. The maximum Gasteiger partial charge on any atom is 0.311 e. The van der Waals surface area contributed by atoms with Gasteiger partial charge in [-0.2, -0.15) is 20.1 Å². The van der Waals surface area contributed by atoms with Crippen molar-refractivity contribution >= 4 is 41.1 Å². The van der Waals surface area contributed by atoms with E-state index in [1.165, 1.54) is 24.4 Å². The zero-order valence-corrected chi connectivity index (χ0v) is 17.1. The predicted octanol–water partition coefficient (Wildman–Crippen LogP) is 4.42. The maximum absolute atomic E-state index is 11.0. The van der Waals surface area contributed by atoms with E-state index in [4.69, 9.17) is 0 Å². The van der Waals surface area contributed by atoms with Crippen molar-refractivity contribution in [1.29, 1.82) is 0 Å². The Labute approximate surface area is 188 Å². The fraction of sp³-hybridized carbons (Fsp3) is 0. The number of rotatable bonds is 8. The molecule has 0 spiro atoms. The molecule has 4 N–H and O–H groups in total. The second-order valence-electron chi connectivity index (χ2n) is 6.66. The van der Waals surface area contributed by atoms with Gasteiger partial charge in [-0.1, -0.05) is 36.4 Å². The van der Waals surface area contributed by atoms with E-state index in [9.17, 15) is 15.2 Å². The Balaban J connectivity index is 1.57. The highest BCUT2D eigenvalue weighted by Gasteiger charge is 2.13. The summed E-state index contributed by atoms with van der Waals surface area (Å²) in [6.07, 6.45) is 1.35. The van der Waals surface area contributed by atoms with E-state index in [1.807, 2.05) is 60.7 Å². The molecule has 0 radical (unpaired) electrons. The van der Waals surface area contributed by atoms with Crippen LogP contribution in [0.5, 0.6) is 5.75 Å². The first kappa shape index (κ1) is 21.2. The quantitative estimate of drug-likeness (QED) is 0.177. The minimum atomic E-state index is -0.671. The Morgan fingerprint density at radius 2 is 1.36 bits per heavy atom. The van der Waals surface area contributed by atoms with Crippen LogP contribution in [0.15, 0.2) is 84.0 Å². The minimum absolute atomic E-state index is 0.145. The number of nitrogens with zero attached hydrogens (tertiary/aromatic N) is 5. The number of nitrogens with one attached hydrogen (secondary N) is 3. The molecule has 11 nitrogen and oxygen atoms in total. The summed E-state index contributed by atoms with van der Waals surface area (Å²) in [7, 11) is 0. The highest BCUT2D eigenvalue weighted by molar-refractivity contribution is 5.82. The lowest BCUT2D eigenvalue weighted by Gasteiger charge is -2.10. The van der Waals surface area contributed by atoms with Gasteiger partial charge < -0.3 is 15.7 Å². The van der Waals surface area contributed by atoms with Gasteiger partial charge in [-0.25, -0.2) is 5.43 Å². The summed E-state index contributed by atoms with van der Waals surface area (Å²) in [5.74, 6) is 0.294. The molecule has 0 bridgehead atoms. The Morgan fingerprint density at radius 3 is 1.91 bits per heavy atom. The number of aromatic nitrogens is 3. The molecule has 4 rings (SSSR count). The van der Waals surface area contributed by atoms with Crippen molar-refractivity contribution in [2.75, 3.05) is 16.1 Å². The van der Waals surface area contributed by atoms with Crippen LogP contribution in [0.2, 0.25) is 0 Å². The number of hydrazone groups is 1. The van der Waals surface area contributed by atoms with Crippen LogP contribution in [0.4, 0.5) is 34.9 Å². The first-order valence-corrected chi connectivity index (χ1v) is 9.73. The largest absolute Gasteiger partial charge is 0.502 e. The third-order valence-electron chi connectivity index (χ3n) is 4.27. The maximum atomic E-state index is 11.0. The number of para-hydroxylation sites is 2. The zero-order chi connectivity index (χ0) is 23.0. The topological polar surface area (TPSA) is 150 Å². The van der Waals surface area contributed by atoms with Crippen molar-refractivity contribution < 1.29 is 10.0 Å². The summed E-state index contributed by atoms with van der Waals surface area (Å²) in [6.45, 7) is 0. The Kier molecular flexibility index (Phi) is 6.31. The number of phenols is 1. The predicted molar refractivity (Wildman–Crippen MR) is 125 cm³/mol. The molecule has 164 valence electrons. The lowest BCUT2D eigenvalue weighted by Crippen LogP contribution is -2.07. The third-order valence-corrected chi connectivity index (χ3v) is 4.27. The lowest BCUT2D eigenvalue weighted by atomic mass is 10.2. The van der Waals surface area contributed by atoms with Crippen LogP contribution in [0.1, 0.15) is 5.56 Å². The van der Waals surface area contributed by atoms with Gasteiger partial charge in [-0.3, -0.25) is 10.1 Å². The van der Waals surface area contributed by atoms with E-state index in [-0.39, 0.29) is 17.8 Å². The number of anilines is 5. The highest BCUT2D eigenvalue weighted by atomic mass is 16.6. The smallest absolute Gasteiger partial charge is 0.311 e. The lowest BCUT2D eigenvalue weighted by molar-refractivity contribution is -0.385. The molecule has 0 aliphatic rings. The molecule has 0 atom stereocenters. The number of benzene rings is 3. The number of phenolic OH excluding ortho intramolecular Hbond substituents is 1. The van der Waals surface area contributed by atoms with Crippen molar-refractivity contribution in [2.45, 2.75) is 0 Å². The van der Waals surface area contributed by atoms with Gasteiger partial charge in [-0.15, -0.1) is 0 Å². The van der Waals surface area contributed by atoms with E-state index < -0.39 is 16.4 Å². The number of aromatic hydroxyl groups is 1. The van der Waals surface area contributed by atoms with Gasteiger partial charge in [0.2, 0.25) is 17.8 Å². The van der Waals surface area contributed by atoms with Gasteiger partial charge in [0.15, 0.2) is 5.75 Å². The van der Waals surface area contributed by atoms with Crippen LogP contribution in [0, 0.1) is 10.1 Å². The van der Waals surface area contributed by atoms with Crippen molar-refractivity contribution in [3.05, 3.63) is 94.5 Å². The Hall–Kier alpha value is -5.06. The SMILES string of the molecule is O=[N+]([O-])c1cc(/C=N\Nc2nc(Nc3ccccc3)nc(Nc3ccccc3)n2)ccc1O. The van der Waals surface area contributed by atoms with Crippen LogP contribution in [0.3, 0.4) is 0 Å². The summed E-state index contributed by atoms with van der Waals surface area (Å²) in [5, 5.41) is 30.8. The molecule has 1 aromatic heterocycles. The van der Waals surface area contributed by atoms with Crippen molar-refractivity contribution in [3.63, 3.8) is 0 Å². The summed E-state index contributed by atoms with van der Waals surface area (Å²) in [4.78, 5) is 23.3. The summed E-state index contributed by atoms with van der Waals surface area (Å²) < 4.78 is 0. The molecule has 0 aliphatic heterocycles. The second-order valence-corrected chi connectivity index (χ2v) is 6.66. The monoisotopic (exact) mass is 442 g/mol. The fourth-order valence-electron chi connectivity index (χ4n) is 2.77. The number of nitro groups is 1. The van der Waals surface area contributed by atoms with Gasteiger partial charge in [0.1, 0.15) is 0 Å². The summed E-state index contributed by atoms with van der Waals surface area (Å²) in [6, 6.07) is 22.7. The highest BCUT2D eigenvalue weighted by Crippen LogP contribution is 2.25. The number of hydrogen-bond donors (Lipinski definition) is 4. The number of nitro benzene ring substituents is 1. The summed E-state index contributed by atoms with van der Waals surface area (Å²) in [5.41, 5.74) is 4.28. The molecule has 0 amide bonds. The molecule has 1 heterocycles. The van der Waals surface area contributed by atoms with Gasteiger partial charge in [0, 0.05) is 23.0 Å². The molecule has 0 aliphatic carbocycles. The molecule has 0 saturated heterocycles. The average Bonchev–Trinajstić information content (AvgIpc) is 2.81. The van der Waals surface area contributed by atoms with E-state index in [1.54, 1.807) is 0 Å². The molecule has 0 unspecified atom stereocenters. The van der Waals surface area contributed by atoms with Gasteiger partial charge in [0.05, 0.1) is 11.1 Å². The van der Waals surface area contributed by atoms with Gasteiger partial charge in [-0.05, 0) is 36.4 Å². The first-order valence-electron chi connectivity index (χ1n) is 9.73. The minimum Gasteiger partial charge on any atom is -0.502 e.